The molecule has 0 heterocycles. The number of rotatable bonds is 40. The Balaban J connectivity index is 1.71. The molecule has 0 aliphatic rings. The van der Waals surface area contributed by atoms with E-state index in [1.165, 1.54) is 201 Å². The largest absolute Gasteiger partial charge is 0.490 e. The Bertz CT molecular complexity index is 1210. The molecule has 0 saturated heterocycles. The third-order valence-corrected chi connectivity index (χ3v) is 11.9. The van der Waals surface area contributed by atoms with Gasteiger partial charge in [0.1, 0.15) is 0 Å². The highest BCUT2D eigenvalue weighted by atomic mass is 16.5. The van der Waals surface area contributed by atoms with E-state index in [0.717, 1.165) is 75.1 Å². The first kappa shape index (κ1) is 49.7. The van der Waals surface area contributed by atoms with Crippen LogP contribution in [0.4, 0.5) is 0 Å². The number of fused-ring (bicyclic) bond motifs is 2. The van der Waals surface area contributed by atoms with Crippen LogP contribution in [0, 0.1) is 0 Å². The Labute approximate surface area is 358 Å². The summed E-state index contributed by atoms with van der Waals surface area (Å²) in [5.41, 5.74) is 0. The maximum absolute atomic E-state index is 6.52. The molecule has 3 rings (SSSR count). The van der Waals surface area contributed by atoms with Crippen molar-refractivity contribution in [2.24, 2.45) is 0 Å². The van der Waals surface area contributed by atoms with Crippen molar-refractivity contribution in [2.45, 2.75) is 233 Å². The van der Waals surface area contributed by atoms with Gasteiger partial charge in [-0.05, 0) is 83.6 Å². The highest BCUT2D eigenvalue weighted by Gasteiger charge is 2.13. The van der Waals surface area contributed by atoms with Crippen molar-refractivity contribution < 1.29 is 18.9 Å². The minimum atomic E-state index is 0.735. The van der Waals surface area contributed by atoms with Gasteiger partial charge >= 0.3 is 0 Å². The summed E-state index contributed by atoms with van der Waals surface area (Å²) < 4.78 is 26.1. The zero-order chi connectivity index (χ0) is 41.1. The van der Waals surface area contributed by atoms with Gasteiger partial charge < -0.3 is 18.9 Å². The maximum Gasteiger partial charge on any atom is 0.161 e. The monoisotopic (exact) mass is 803 g/mol. The summed E-state index contributed by atoms with van der Waals surface area (Å²) >= 11 is 0. The molecule has 0 N–H and O–H groups in total. The molecule has 0 aliphatic heterocycles. The van der Waals surface area contributed by atoms with Crippen LogP contribution in [0.1, 0.15) is 233 Å². The Hall–Kier alpha value is -2.62. The quantitative estimate of drug-likeness (QED) is 0.0424. The van der Waals surface area contributed by atoms with Gasteiger partial charge in [0, 0.05) is 0 Å². The molecule has 330 valence electrons. The van der Waals surface area contributed by atoms with Crippen molar-refractivity contribution in [3.8, 4) is 23.0 Å². The van der Waals surface area contributed by atoms with Crippen LogP contribution in [0.5, 0.6) is 23.0 Å². The molecule has 0 fully saturated rings. The molecule has 0 radical (unpaired) electrons. The summed E-state index contributed by atoms with van der Waals surface area (Å²) in [7, 11) is 0. The highest BCUT2D eigenvalue weighted by molar-refractivity contribution is 6.00. The molecule has 3 aromatic carbocycles. The minimum absolute atomic E-state index is 0.735. The Kier molecular flexibility index (Phi) is 29.3. The molecule has 3 aromatic rings. The molecule has 0 spiro atoms. The first-order valence-electron chi connectivity index (χ1n) is 25.3. The fourth-order valence-corrected chi connectivity index (χ4v) is 8.14. The molecule has 4 heteroatoms. The van der Waals surface area contributed by atoms with E-state index in [1.807, 2.05) is 0 Å². The zero-order valence-corrected chi connectivity index (χ0v) is 38.6. The summed E-state index contributed by atoms with van der Waals surface area (Å²) in [5, 5.41) is 4.72. The van der Waals surface area contributed by atoms with Crippen LogP contribution in [0.3, 0.4) is 0 Å². The summed E-state index contributed by atoms with van der Waals surface area (Å²) in [5.74, 6) is 3.52. The van der Waals surface area contributed by atoms with Crippen LogP contribution in [0.2, 0.25) is 0 Å². The van der Waals surface area contributed by atoms with Crippen molar-refractivity contribution in [1.29, 1.82) is 0 Å². The molecular formula is C54H90O4. The fourth-order valence-electron chi connectivity index (χ4n) is 8.14. The Morgan fingerprint density at radius 2 is 0.397 bits per heavy atom. The van der Waals surface area contributed by atoms with Crippen LogP contribution in [-0.2, 0) is 0 Å². The summed E-state index contributed by atoms with van der Waals surface area (Å²) in [6.45, 7) is 12.1. The van der Waals surface area contributed by atoms with E-state index in [-0.39, 0.29) is 0 Å². The van der Waals surface area contributed by atoms with Gasteiger partial charge in [-0.25, -0.2) is 0 Å². The van der Waals surface area contributed by atoms with E-state index in [2.05, 4.69) is 64.1 Å². The average Bonchev–Trinajstić information content (AvgIpc) is 3.23. The van der Waals surface area contributed by atoms with Crippen molar-refractivity contribution in [3.63, 3.8) is 0 Å². The second-order valence-electron chi connectivity index (χ2n) is 17.4. The third kappa shape index (κ3) is 22.1. The smallest absolute Gasteiger partial charge is 0.161 e. The number of hydrogen-bond donors (Lipinski definition) is 0. The first-order valence-corrected chi connectivity index (χ1v) is 25.3. The highest BCUT2D eigenvalue weighted by Crippen LogP contribution is 2.39. The third-order valence-electron chi connectivity index (χ3n) is 11.9. The molecule has 0 aliphatic carbocycles. The lowest BCUT2D eigenvalue weighted by Crippen LogP contribution is -2.03. The molecule has 4 nitrogen and oxygen atoms in total. The predicted octanol–water partition coefficient (Wildman–Crippen LogP) is 18.1. The predicted molar refractivity (Wildman–Crippen MR) is 254 cm³/mol. The SMILES string of the molecule is CCCCCCCCCCOc1cc2cc3cc(OCCCCCCCCCC)c(OCCCCCCCCCC)cc3cc2cc1OCCCCCCCCCC. The van der Waals surface area contributed by atoms with Gasteiger partial charge in [-0.1, -0.05) is 207 Å². The summed E-state index contributed by atoms with van der Waals surface area (Å²) in [6, 6.07) is 13.5. The zero-order valence-electron chi connectivity index (χ0n) is 38.6. The first-order chi connectivity index (χ1) is 28.7. The number of ether oxygens (including phenoxy) is 4. The second-order valence-corrected chi connectivity index (χ2v) is 17.4. The lowest BCUT2D eigenvalue weighted by molar-refractivity contribution is 0.259. The van der Waals surface area contributed by atoms with Gasteiger partial charge in [0.15, 0.2) is 23.0 Å². The Morgan fingerprint density at radius 3 is 0.586 bits per heavy atom. The van der Waals surface area contributed by atoms with E-state index in [0.29, 0.717) is 0 Å². The maximum atomic E-state index is 6.52. The van der Waals surface area contributed by atoms with Crippen molar-refractivity contribution >= 4 is 21.5 Å². The van der Waals surface area contributed by atoms with Crippen molar-refractivity contribution in [3.05, 3.63) is 36.4 Å². The van der Waals surface area contributed by atoms with Crippen LogP contribution in [0.15, 0.2) is 36.4 Å². The average molecular weight is 803 g/mol. The molecule has 0 amide bonds. The molecule has 0 bridgehead atoms. The normalized spacial score (nSPS) is 11.5. The molecule has 0 unspecified atom stereocenters. The van der Waals surface area contributed by atoms with E-state index in [4.69, 9.17) is 18.9 Å². The van der Waals surface area contributed by atoms with Crippen LogP contribution in [0.25, 0.3) is 21.5 Å². The number of unbranched alkanes of at least 4 members (excludes halogenated alkanes) is 28. The van der Waals surface area contributed by atoms with Gasteiger partial charge in [-0.2, -0.15) is 0 Å². The lowest BCUT2D eigenvalue weighted by Gasteiger charge is -2.17. The summed E-state index contributed by atoms with van der Waals surface area (Å²) in [6.07, 6.45) is 41.4. The summed E-state index contributed by atoms with van der Waals surface area (Å²) in [4.78, 5) is 0. The lowest BCUT2D eigenvalue weighted by atomic mass is 10.0. The number of benzene rings is 3. The second kappa shape index (κ2) is 34.1. The van der Waals surface area contributed by atoms with E-state index >= 15 is 0 Å². The van der Waals surface area contributed by atoms with Gasteiger partial charge in [0.2, 0.25) is 0 Å². The molecule has 0 atom stereocenters. The molecule has 0 aromatic heterocycles. The molecule has 0 saturated carbocycles. The number of hydrogen-bond acceptors (Lipinski definition) is 4. The van der Waals surface area contributed by atoms with E-state index in [9.17, 15) is 0 Å². The van der Waals surface area contributed by atoms with Gasteiger partial charge in [0.05, 0.1) is 26.4 Å². The molecule has 58 heavy (non-hydrogen) atoms. The standard InChI is InChI=1S/C54H90O4/c1-5-9-13-17-21-25-29-33-37-55-51-43-47-41-49-45-53(57-39-35-31-27-23-19-15-11-7-3)54(58-40-36-32-28-24-20-16-12-8-4)46-50(49)42-48(47)44-52(51)56-38-34-30-26-22-18-14-10-6-2/h41-46H,5-40H2,1-4H3. The van der Waals surface area contributed by atoms with Gasteiger partial charge in [-0.15, -0.1) is 0 Å². The van der Waals surface area contributed by atoms with Crippen molar-refractivity contribution in [1.82, 2.24) is 0 Å². The topological polar surface area (TPSA) is 36.9 Å². The van der Waals surface area contributed by atoms with E-state index < -0.39 is 0 Å². The fraction of sp³-hybridized carbons (Fsp3) is 0.741. The minimum Gasteiger partial charge on any atom is -0.490 e. The van der Waals surface area contributed by atoms with Crippen LogP contribution < -0.4 is 18.9 Å². The van der Waals surface area contributed by atoms with Gasteiger partial charge in [0.25, 0.3) is 0 Å². The van der Waals surface area contributed by atoms with Crippen LogP contribution in [-0.4, -0.2) is 26.4 Å². The molecular weight excluding hydrogens is 713 g/mol. The van der Waals surface area contributed by atoms with E-state index in [1.54, 1.807) is 0 Å². The van der Waals surface area contributed by atoms with Crippen molar-refractivity contribution in [2.75, 3.05) is 26.4 Å². The van der Waals surface area contributed by atoms with Crippen LogP contribution >= 0.6 is 0 Å². The van der Waals surface area contributed by atoms with Gasteiger partial charge in [-0.3, -0.25) is 0 Å². The Morgan fingerprint density at radius 1 is 0.224 bits per heavy atom.